The molecule has 0 radical (unpaired) electrons. The Balaban J connectivity index is 1.33. The highest BCUT2D eigenvalue weighted by atomic mass is 16.5. The van der Waals surface area contributed by atoms with Crippen LogP contribution in [0.2, 0.25) is 0 Å². The first kappa shape index (κ1) is 22.8. The predicted octanol–water partition coefficient (Wildman–Crippen LogP) is 6.81. The number of Topliss-reactive ketones (excluding diaryl/α,β-unsaturated/α-hetero) is 1. The Morgan fingerprint density at radius 2 is 1.77 bits per heavy atom. The second-order valence-electron chi connectivity index (χ2n) is 12.2. The van der Waals surface area contributed by atoms with Gasteiger partial charge in [0.25, 0.3) is 0 Å². The van der Waals surface area contributed by atoms with E-state index in [2.05, 4.69) is 45.9 Å². The molecule has 1 heterocycles. The minimum absolute atomic E-state index is 0.0674. The molecule has 5 atom stereocenters. The molecule has 3 saturated carbocycles. The van der Waals surface area contributed by atoms with Crippen molar-refractivity contribution in [1.82, 2.24) is 0 Å². The summed E-state index contributed by atoms with van der Waals surface area (Å²) in [6.45, 7) is 8.91. The van der Waals surface area contributed by atoms with Gasteiger partial charge in [0, 0.05) is 22.8 Å². The van der Waals surface area contributed by atoms with Crippen LogP contribution >= 0.6 is 0 Å². The summed E-state index contributed by atoms with van der Waals surface area (Å²) in [6.07, 6.45) is 13.6. The number of hydrogen-bond donors (Lipinski definition) is 0. The summed E-state index contributed by atoms with van der Waals surface area (Å²) in [4.78, 5) is 17.7. The molecule has 1 aliphatic heterocycles. The van der Waals surface area contributed by atoms with Crippen molar-refractivity contribution in [2.45, 2.75) is 71.8 Å². The fraction of sp³-hybridized carbons (Fsp3) is 0.548. The van der Waals surface area contributed by atoms with E-state index >= 15 is 0 Å². The van der Waals surface area contributed by atoms with E-state index in [9.17, 15) is 4.79 Å². The van der Waals surface area contributed by atoms with E-state index in [-0.39, 0.29) is 10.8 Å². The standard InChI is InChI=1S/C31H37NO3/c1-29(2)27(32-28(35-29)19-6-9-22(34-5)10-7-19)20-14-16-30(3)21(18-20)8-11-23-24-12-13-26(33)31(24,4)17-15-25(23)30/h6-7,9-10,14,16,18,23-25H,8,11-13,15,17H2,1-5H3/b27-20-/t23-,24-,25-,30-,31-/m0/s1. The van der Waals surface area contributed by atoms with Gasteiger partial charge < -0.3 is 9.47 Å². The quantitative estimate of drug-likeness (QED) is 0.476. The molecule has 0 amide bonds. The zero-order valence-corrected chi connectivity index (χ0v) is 21.7. The Hall–Kier alpha value is -2.62. The lowest BCUT2D eigenvalue weighted by molar-refractivity contribution is -0.131. The van der Waals surface area contributed by atoms with E-state index in [1.54, 1.807) is 7.11 Å². The molecular formula is C31H37NO3. The fourth-order valence-electron chi connectivity index (χ4n) is 7.96. The van der Waals surface area contributed by atoms with Crippen molar-refractivity contribution in [2.24, 2.45) is 33.6 Å². The monoisotopic (exact) mass is 471 g/mol. The molecule has 1 aromatic carbocycles. The van der Waals surface area contributed by atoms with E-state index in [0.29, 0.717) is 29.4 Å². The number of benzene rings is 1. The van der Waals surface area contributed by atoms with E-state index < -0.39 is 5.60 Å². The van der Waals surface area contributed by atoms with Crippen molar-refractivity contribution < 1.29 is 14.3 Å². The molecule has 0 unspecified atom stereocenters. The predicted molar refractivity (Wildman–Crippen MR) is 138 cm³/mol. The summed E-state index contributed by atoms with van der Waals surface area (Å²) in [5, 5.41) is 0. The highest BCUT2D eigenvalue weighted by Gasteiger charge is 2.58. The Bertz CT molecular complexity index is 1200. The van der Waals surface area contributed by atoms with Gasteiger partial charge in [0.15, 0.2) is 0 Å². The van der Waals surface area contributed by atoms with Crippen LogP contribution in [0.4, 0.5) is 0 Å². The molecule has 4 nitrogen and oxygen atoms in total. The van der Waals surface area contributed by atoms with Gasteiger partial charge in [0.1, 0.15) is 17.1 Å². The van der Waals surface area contributed by atoms with E-state index in [0.717, 1.165) is 49.1 Å². The van der Waals surface area contributed by atoms with Crippen molar-refractivity contribution in [3.05, 3.63) is 64.9 Å². The van der Waals surface area contributed by atoms with E-state index in [1.165, 1.54) is 17.6 Å². The number of fused-ring (bicyclic) bond motifs is 5. The molecule has 3 fully saturated rings. The first-order valence-electron chi connectivity index (χ1n) is 13.3. The molecule has 4 aliphatic carbocycles. The molecule has 35 heavy (non-hydrogen) atoms. The Morgan fingerprint density at radius 1 is 1.00 bits per heavy atom. The summed E-state index contributed by atoms with van der Waals surface area (Å²) < 4.78 is 11.6. The van der Waals surface area contributed by atoms with Gasteiger partial charge in [-0.1, -0.05) is 37.6 Å². The fourth-order valence-corrected chi connectivity index (χ4v) is 7.96. The zero-order valence-electron chi connectivity index (χ0n) is 21.7. The van der Waals surface area contributed by atoms with E-state index in [4.69, 9.17) is 14.5 Å². The van der Waals surface area contributed by atoms with Gasteiger partial charge in [-0.3, -0.25) is 4.79 Å². The average molecular weight is 472 g/mol. The summed E-state index contributed by atoms with van der Waals surface area (Å²) in [5.74, 6) is 3.87. The van der Waals surface area contributed by atoms with Crippen molar-refractivity contribution in [3.63, 3.8) is 0 Å². The summed E-state index contributed by atoms with van der Waals surface area (Å²) in [6, 6.07) is 7.89. The SMILES string of the molecule is COc1ccc(C2=N/C(=C3/C=C[C@@]4(C)C(=C3)CC[C@@H]3[C@@H]4CC[C@]4(C)C(=O)CC[C@@H]34)C(C)(C)O2)cc1. The number of carbonyl (C=O) groups excluding carboxylic acids is 1. The lowest BCUT2D eigenvalue weighted by atomic mass is 9.48. The second-order valence-corrected chi connectivity index (χ2v) is 12.2. The van der Waals surface area contributed by atoms with Gasteiger partial charge in [0.2, 0.25) is 5.90 Å². The molecule has 184 valence electrons. The smallest absolute Gasteiger partial charge is 0.222 e. The van der Waals surface area contributed by atoms with Crippen LogP contribution in [0.1, 0.15) is 71.8 Å². The average Bonchev–Trinajstić information content (AvgIpc) is 3.33. The maximum absolute atomic E-state index is 12.7. The number of aliphatic imine (C=N–C) groups is 1. The third-order valence-electron chi connectivity index (χ3n) is 10.0. The topological polar surface area (TPSA) is 47.9 Å². The molecule has 1 aromatic rings. The highest BCUT2D eigenvalue weighted by molar-refractivity contribution is 5.97. The van der Waals surface area contributed by atoms with Crippen molar-refractivity contribution in [2.75, 3.05) is 7.11 Å². The molecule has 0 aromatic heterocycles. The third kappa shape index (κ3) is 3.32. The summed E-state index contributed by atoms with van der Waals surface area (Å²) in [7, 11) is 1.67. The number of nitrogens with zero attached hydrogens (tertiary/aromatic N) is 1. The Morgan fingerprint density at radius 3 is 2.51 bits per heavy atom. The largest absolute Gasteiger partial charge is 0.497 e. The van der Waals surface area contributed by atoms with E-state index in [1.807, 2.05) is 24.3 Å². The molecule has 4 heteroatoms. The molecule has 0 spiro atoms. The molecule has 0 bridgehead atoms. The maximum atomic E-state index is 12.7. The molecule has 0 N–H and O–H groups in total. The molecule has 0 saturated heterocycles. The highest BCUT2D eigenvalue weighted by Crippen LogP contribution is 2.64. The van der Waals surface area contributed by atoms with Crippen LogP contribution in [0.15, 0.2) is 64.3 Å². The van der Waals surface area contributed by atoms with Crippen molar-refractivity contribution >= 4 is 11.7 Å². The minimum Gasteiger partial charge on any atom is -0.497 e. The number of methoxy groups -OCH3 is 1. The number of carbonyl (C=O) groups is 1. The molecule has 5 aliphatic rings. The van der Waals surface area contributed by atoms with Crippen LogP contribution in [-0.2, 0) is 9.53 Å². The number of ketones is 1. The zero-order chi connectivity index (χ0) is 24.6. The van der Waals surface area contributed by atoms with Gasteiger partial charge in [-0.15, -0.1) is 0 Å². The van der Waals surface area contributed by atoms with Crippen LogP contribution in [0.25, 0.3) is 0 Å². The van der Waals surface area contributed by atoms with Crippen LogP contribution in [0.5, 0.6) is 5.75 Å². The van der Waals surface area contributed by atoms with Gasteiger partial charge >= 0.3 is 0 Å². The van der Waals surface area contributed by atoms with Gasteiger partial charge in [0.05, 0.1) is 12.8 Å². The number of allylic oxidation sites excluding steroid dienone is 5. The normalized spacial score (nSPS) is 39.2. The lowest BCUT2D eigenvalue weighted by Gasteiger charge is -2.55. The Labute approximate surface area is 209 Å². The first-order valence-corrected chi connectivity index (χ1v) is 13.3. The summed E-state index contributed by atoms with van der Waals surface area (Å²) >= 11 is 0. The second kappa shape index (κ2) is 7.69. The van der Waals surface area contributed by atoms with Crippen molar-refractivity contribution in [1.29, 1.82) is 0 Å². The Kier molecular flexibility index (Phi) is 5.01. The van der Waals surface area contributed by atoms with Gasteiger partial charge in [-0.25, -0.2) is 4.99 Å². The van der Waals surface area contributed by atoms with Gasteiger partial charge in [-0.2, -0.15) is 0 Å². The minimum atomic E-state index is -0.492. The first-order chi connectivity index (χ1) is 16.7. The van der Waals surface area contributed by atoms with Gasteiger partial charge in [-0.05, 0) is 93.5 Å². The van der Waals surface area contributed by atoms with Crippen LogP contribution in [0.3, 0.4) is 0 Å². The summed E-state index contributed by atoms with van der Waals surface area (Å²) in [5.41, 5.74) is 4.17. The number of hydrogen-bond acceptors (Lipinski definition) is 4. The van der Waals surface area contributed by atoms with Crippen LogP contribution < -0.4 is 4.74 Å². The maximum Gasteiger partial charge on any atom is 0.222 e. The number of ether oxygens (including phenoxy) is 2. The lowest BCUT2D eigenvalue weighted by Crippen LogP contribution is -2.49. The van der Waals surface area contributed by atoms with Crippen LogP contribution in [-0.4, -0.2) is 24.4 Å². The van der Waals surface area contributed by atoms with Crippen molar-refractivity contribution in [3.8, 4) is 5.75 Å². The van der Waals surface area contributed by atoms with Crippen LogP contribution in [0, 0.1) is 28.6 Å². The third-order valence-corrected chi connectivity index (χ3v) is 10.0. The molecule has 6 rings (SSSR count). The number of rotatable bonds is 2. The molecular weight excluding hydrogens is 434 g/mol.